The highest BCUT2D eigenvalue weighted by Gasteiger charge is 1.97. The van der Waals surface area contributed by atoms with Crippen molar-refractivity contribution in [3.63, 3.8) is 0 Å². The number of thioether (sulfide) groups is 1. The normalized spacial score (nSPS) is 10.9. The number of carbonyl (C=O) groups excluding carboxylic acids is 2. The predicted molar refractivity (Wildman–Crippen MR) is 77.4 cm³/mol. The summed E-state index contributed by atoms with van der Waals surface area (Å²) in [5.74, 6) is -0.922. The Morgan fingerprint density at radius 3 is 2.55 bits per heavy atom. The van der Waals surface area contributed by atoms with Gasteiger partial charge in [-0.25, -0.2) is 14.6 Å². The molecular formula is C12H12N2O4S2. The molecule has 0 spiro atoms. The Kier molecular flexibility index (Phi) is 6.68. The first-order chi connectivity index (χ1) is 9.56. The predicted octanol–water partition coefficient (Wildman–Crippen LogP) is 2.04. The number of hydrogen-bond donors (Lipinski definition) is 0. The van der Waals surface area contributed by atoms with Gasteiger partial charge in [-0.15, -0.1) is 0 Å². The smallest absolute Gasteiger partial charge is 0.331 e. The highest BCUT2D eigenvalue weighted by molar-refractivity contribution is 8.02. The van der Waals surface area contributed by atoms with E-state index in [1.165, 1.54) is 48.9 Å². The number of rotatable bonds is 5. The van der Waals surface area contributed by atoms with E-state index in [1.807, 2.05) is 0 Å². The molecule has 1 aromatic rings. The van der Waals surface area contributed by atoms with Crippen LogP contribution in [0.1, 0.15) is 0 Å². The summed E-state index contributed by atoms with van der Waals surface area (Å²) in [5, 5.41) is 2.18. The maximum Gasteiger partial charge on any atom is 0.331 e. The van der Waals surface area contributed by atoms with Gasteiger partial charge in [0.15, 0.2) is 0 Å². The third-order valence-corrected chi connectivity index (χ3v) is 3.01. The van der Waals surface area contributed by atoms with Crippen molar-refractivity contribution in [1.82, 2.24) is 9.55 Å². The molecule has 0 fully saturated rings. The zero-order chi connectivity index (χ0) is 15.0. The molecule has 0 aliphatic heterocycles. The summed E-state index contributed by atoms with van der Waals surface area (Å²) in [4.78, 5) is 26.0. The van der Waals surface area contributed by atoms with Crippen LogP contribution >= 0.6 is 24.0 Å². The van der Waals surface area contributed by atoms with Gasteiger partial charge in [-0.05, 0) is 23.7 Å². The molecule has 20 heavy (non-hydrogen) atoms. The van der Waals surface area contributed by atoms with Gasteiger partial charge in [-0.1, -0.05) is 11.8 Å². The van der Waals surface area contributed by atoms with Crippen molar-refractivity contribution in [2.75, 3.05) is 14.2 Å². The Bertz CT molecular complexity index is 608. The molecule has 0 saturated carbocycles. The van der Waals surface area contributed by atoms with Crippen molar-refractivity contribution in [2.24, 2.45) is 0 Å². The molecule has 0 aliphatic rings. The van der Waals surface area contributed by atoms with E-state index in [1.54, 1.807) is 17.7 Å². The molecule has 0 aliphatic carbocycles. The summed E-state index contributed by atoms with van der Waals surface area (Å²) in [6.45, 7) is 0. The third kappa shape index (κ3) is 5.37. The first-order valence-corrected chi connectivity index (χ1v) is 6.62. The number of carbonyl (C=O) groups is 2. The lowest BCUT2D eigenvalue weighted by molar-refractivity contribution is -0.135. The van der Waals surface area contributed by atoms with E-state index in [0.717, 1.165) is 0 Å². The van der Waals surface area contributed by atoms with E-state index in [9.17, 15) is 9.59 Å². The van der Waals surface area contributed by atoms with Crippen LogP contribution in [-0.4, -0.2) is 35.7 Å². The van der Waals surface area contributed by atoms with Gasteiger partial charge in [0.2, 0.25) is 4.77 Å². The van der Waals surface area contributed by atoms with Crippen LogP contribution in [0, 0.1) is 4.77 Å². The van der Waals surface area contributed by atoms with Gasteiger partial charge in [0.1, 0.15) is 5.03 Å². The average molecular weight is 312 g/mol. The van der Waals surface area contributed by atoms with E-state index >= 15 is 0 Å². The van der Waals surface area contributed by atoms with Crippen LogP contribution in [0.15, 0.2) is 34.8 Å². The fraction of sp³-hybridized carbons (Fsp3) is 0.167. The first-order valence-electron chi connectivity index (χ1n) is 5.33. The topological polar surface area (TPSA) is 70.4 Å². The fourth-order valence-electron chi connectivity index (χ4n) is 1.01. The van der Waals surface area contributed by atoms with Crippen molar-refractivity contribution < 1.29 is 19.1 Å². The van der Waals surface area contributed by atoms with Gasteiger partial charge in [-0.2, -0.15) is 0 Å². The summed E-state index contributed by atoms with van der Waals surface area (Å²) in [7, 11) is 2.59. The maximum absolute atomic E-state index is 11.0. The molecule has 1 aromatic heterocycles. The summed E-state index contributed by atoms with van der Waals surface area (Å²) < 4.78 is 10.7. The lowest BCUT2D eigenvalue weighted by atomic mass is 10.6. The summed E-state index contributed by atoms with van der Waals surface area (Å²) in [5.41, 5.74) is 0. The van der Waals surface area contributed by atoms with E-state index in [0.29, 0.717) is 5.03 Å². The van der Waals surface area contributed by atoms with Gasteiger partial charge in [0.05, 0.1) is 14.2 Å². The molecule has 0 bridgehead atoms. The van der Waals surface area contributed by atoms with Crippen molar-refractivity contribution in [3.8, 4) is 0 Å². The Morgan fingerprint density at radius 1 is 1.30 bits per heavy atom. The molecule has 6 nitrogen and oxygen atoms in total. The van der Waals surface area contributed by atoms with Crippen molar-refractivity contribution in [3.05, 3.63) is 34.6 Å². The minimum absolute atomic E-state index is 0.279. The van der Waals surface area contributed by atoms with E-state index in [2.05, 4.69) is 14.5 Å². The second-order valence-electron chi connectivity index (χ2n) is 3.24. The van der Waals surface area contributed by atoms with E-state index < -0.39 is 11.9 Å². The highest BCUT2D eigenvalue weighted by atomic mass is 32.2. The Morgan fingerprint density at radius 2 is 1.95 bits per heavy atom. The quantitative estimate of drug-likeness (QED) is 0.271. The molecule has 0 amide bonds. The Balaban J connectivity index is 2.76. The number of nitrogens with zero attached hydrogens (tertiary/aromatic N) is 2. The van der Waals surface area contributed by atoms with Gasteiger partial charge < -0.3 is 9.47 Å². The molecule has 8 heteroatoms. The van der Waals surface area contributed by atoms with Crippen molar-refractivity contribution >= 4 is 42.1 Å². The van der Waals surface area contributed by atoms with Crippen LogP contribution in [0.4, 0.5) is 0 Å². The van der Waals surface area contributed by atoms with Crippen molar-refractivity contribution in [1.29, 1.82) is 0 Å². The second kappa shape index (κ2) is 8.28. The van der Waals surface area contributed by atoms with Crippen LogP contribution in [-0.2, 0) is 19.1 Å². The minimum Gasteiger partial charge on any atom is -0.466 e. The van der Waals surface area contributed by atoms with Crippen LogP contribution in [0.2, 0.25) is 0 Å². The molecule has 0 N–H and O–H groups in total. The average Bonchev–Trinajstić information content (AvgIpc) is 2.45. The van der Waals surface area contributed by atoms with Crippen LogP contribution in [0.3, 0.4) is 0 Å². The molecule has 1 heterocycles. The number of methoxy groups -OCH3 is 2. The first kappa shape index (κ1) is 16.1. The van der Waals surface area contributed by atoms with Crippen LogP contribution < -0.4 is 0 Å². The van der Waals surface area contributed by atoms with Gasteiger partial charge in [0.25, 0.3) is 0 Å². The van der Waals surface area contributed by atoms with E-state index in [-0.39, 0.29) is 4.77 Å². The molecule has 1 rings (SSSR count). The monoisotopic (exact) mass is 312 g/mol. The second-order valence-corrected chi connectivity index (χ2v) is 4.53. The van der Waals surface area contributed by atoms with Gasteiger partial charge >= 0.3 is 11.9 Å². The fourth-order valence-corrected chi connectivity index (χ4v) is 1.89. The Hall–Kier alpha value is -1.93. The molecule has 0 aromatic carbocycles. The van der Waals surface area contributed by atoms with Crippen LogP contribution in [0.5, 0.6) is 0 Å². The molecule has 106 valence electrons. The SMILES string of the molecule is COC(=O)/C=C/Sc1ccn(/C=C/C(=O)OC)c(=S)n1. The van der Waals surface area contributed by atoms with Gasteiger partial charge in [-0.3, -0.25) is 4.57 Å². The highest BCUT2D eigenvalue weighted by Crippen LogP contribution is 2.15. The molecular weight excluding hydrogens is 300 g/mol. The van der Waals surface area contributed by atoms with Crippen LogP contribution in [0.25, 0.3) is 6.20 Å². The minimum atomic E-state index is -0.480. The standard InChI is InChI=1S/C12H12N2O4S2/c1-17-10(15)4-7-14-6-3-9(13-12(14)19)20-8-5-11(16)18-2/h3-8H,1-2H3/b7-4+,8-5+. The number of aromatic nitrogens is 2. The summed E-state index contributed by atoms with van der Waals surface area (Å²) >= 11 is 6.30. The van der Waals surface area contributed by atoms with Crippen molar-refractivity contribution in [2.45, 2.75) is 5.03 Å². The van der Waals surface area contributed by atoms with E-state index in [4.69, 9.17) is 12.2 Å². The lowest BCUT2D eigenvalue weighted by Crippen LogP contribution is -1.98. The lowest BCUT2D eigenvalue weighted by Gasteiger charge is -2.01. The molecule has 0 atom stereocenters. The molecule has 0 radical (unpaired) electrons. The summed E-state index contributed by atoms with van der Waals surface area (Å²) in [6.07, 6.45) is 5.64. The molecule has 0 unspecified atom stereocenters. The zero-order valence-electron chi connectivity index (χ0n) is 10.8. The number of ether oxygens (including phenoxy) is 2. The summed E-state index contributed by atoms with van der Waals surface area (Å²) in [6, 6.07) is 1.70. The number of hydrogen-bond acceptors (Lipinski definition) is 7. The number of esters is 2. The Labute approximate surface area is 125 Å². The maximum atomic E-state index is 11.0. The third-order valence-electron chi connectivity index (χ3n) is 1.97. The van der Waals surface area contributed by atoms with Gasteiger partial charge in [0, 0.05) is 24.5 Å². The zero-order valence-corrected chi connectivity index (χ0v) is 12.4. The molecule has 0 saturated heterocycles. The largest absolute Gasteiger partial charge is 0.466 e.